The summed E-state index contributed by atoms with van der Waals surface area (Å²) in [6.07, 6.45) is 5.71. The first-order valence-corrected chi connectivity index (χ1v) is 5.38. The molecule has 0 heterocycles. The van der Waals surface area contributed by atoms with Crippen LogP contribution in [-0.4, -0.2) is 24.6 Å². The van der Waals surface area contributed by atoms with Gasteiger partial charge in [0.25, 0.3) is 0 Å². The van der Waals surface area contributed by atoms with E-state index in [1.54, 1.807) is 26.1 Å². The van der Waals surface area contributed by atoms with E-state index in [4.69, 9.17) is 5.11 Å². The molecule has 0 aromatic carbocycles. The minimum absolute atomic E-state index is 0.426. The maximum Gasteiger partial charge on any atom is 0.109 e. The Kier molecular flexibility index (Phi) is 17.9. The molecule has 0 aromatic rings. The Labute approximate surface area is 99.6 Å². The van der Waals surface area contributed by atoms with E-state index in [-0.39, 0.29) is 0 Å². The maximum absolute atomic E-state index is 12.9. The molecule has 0 bridgehead atoms. The fourth-order valence-electron chi connectivity index (χ4n) is 0.712. The molecule has 0 saturated heterocycles. The van der Waals surface area contributed by atoms with E-state index in [9.17, 15) is 4.39 Å². The predicted molar refractivity (Wildman–Crippen MR) is 71.7 cm³/mol. The summed E-state index contributed by atoms with van der Waals surface area (Å²) >= 11 is 0. The Morgan fingerprint density at radius 3 is 2.12 bits per heavy atom. The van der Waals surface area contributed by atoms with Crippen molar-refractivity contribution in [3.63, 3.8) is 0 Å². The van der Waals surface area contributed by atoms with E-state index in [2.05, 4.69) is 11.7 Å². The van der Waals surface area contributed by atoms with Crippen LogP contribution in [0.25, 0.3) is 0 Å². The summed E-state index contributed by atoms with van der Waals surface area (Å²) < 4.78 is 12.9. The van der Waals surface area contributed by atoms with Crippen LogP contribution in [-0.2, 0) is 0 Å². The summed E-state index contributed by atoms with van der Waals surface area (Å²) in [5.41, 5.74) is -0.146. The number of aliphatic hydroxyl groups is 1. The van der Waals surface area contributed by atoms with Crippen LogP contribution in [0, 0.1) is 0 Å². The molecule has 0 rings (SSSR count). The van der Waals surface area contributed by atoms with Gasteiger partial charge < -0.3 is 5.11 Å². The van der Waals surface area contributed by atoms with E-state index in [1.807, 2.05) is 26.8 Å². The van der Waals surface area contributed by atoms with E-state index >= 15 is 0 Å². The molecule has 0 saturated carbocycles. The molecule has 0 aliphatic carbocycles. The molecule has 16 heavy (non-hydrogen) atoms. The second-order valence-electron chi connectivity index (χ2n) is 3.38. The van der Waals surface area contributed by atoms with Gasteiger partial charge in [0.05, 0.1) is 0 Å². The highest BCUT2D eigenvalue weighted by molar-refractivity contribution is 5.28. The average Bonchev–Trinajstić information content (AvgIpc) is 2.22. The van der Waals surface area contributed by atoms with Gasteiger partial charge in [-0.2, -0.15) is 0 Å². The molecule has 0 amide bonds. The molecule has 0 unspecified atom stereocenters. The lowest BCUT2D eigenvalue weighted by molar-refractivity contribution is 0.221. The van der Waals surface area contributed by atoms with E-state index in [1.165, 1.54) is 0 Å². The zero-order valence-electron chi connectivity index (χ0n) is 11.4. The number of rotatable bonds is 4. The van der Waals surface area contributed by atoms with Crippen molar-refractivity contribution in [2.75, 3.05) is 7.11 Å². The maximum atomic E-state index is 12.9. The number of aliphatic imine (C=N–C) groups is 1. The zero-order valence-corrected chi connectivity index (χ0v) is 11.4. The number of allylic oxidation sites excluding steroid dienone is 3. The second kappa shape index (κ2) is 14.0. The minimum Gasteiger partial charge on any atom is -0.400 e. The monoisotopic (exact) mass is 231 g/mol. The third-order valence-electron chi connectivity index (χ3n) is 1.28. The zero-order chi connectivity index (χ0) is 13.6. The Morgan fingerprint density at radius 2 is 1.81 bits per heavy atom. The largest absolute Gasteiger partial charge is 0.400 e. The van der Waals surface area contributed by atoms with Crippen LogP contribution in [0.4, 0.5) is 4.39 Å². The van der Waals surface area contributed by atoms with Crippen molar-refractivity contribution < 1.29 is 9.50 Å². The third kappa shape index (κ3) is 23.1. The predicted octanol–water partition coefficient (Wildman–Crippen LogP) is 3.92. The number of hydrogen-bond acceptors (Lipinski definition) is 2. The molecule has 0 radical (unpaired) electrons. The van der Waals surface area contributed by atoms with Crippen LogP contribution < -0.4 is 0 Å². The van der Waals surface area contributed by atoms with Gasteiger partial charge in [-0.1, -0.05) is 26.0 Å². The Bertz CT molecular complexity index is 202. The van der Waals surface area contributed by atoms with Gasteiger partial charge in [0, 0.05) is 13.3 Å². The van der Waals surface area contributed by atoms with Crippen LogP contribution >= 0.6 is 0 Å². The first-order chi connectivity index (χ1) is 7.45. The van der Waals surface area contributed by atoms with Crippen LogP contribution in [0.5, 0.6) is 0 Å². The van der Waals surface area contributed by atoms with E-state index in [0.29, 0.717) is 6.42 Å². The third-order valence-corrected chi connectivity index (χ3v) is 1.28. The topological polar surface area (TPSA) is 32.6 Å². The SMILES string of the molecule is C=N/C=C(C)\C=C/CC(C)(C)F.CC.CO. The van der Waals surface area contributed by atoms with Crippen LogP contribution in [0.1, 0.15) is 41.0 Å². The number of halogens is 1. The van der Waals surface area contributed by atoms with Gasteiger partial charge in [0.15, 0.2) is 0 Å². The number of nitrogens with zero attached hydrogens (tertiary/aromatic N) is 1. The number of hydrogen-bond donors (Lipinski definition) is 1. The van der Waals surface area contributed by atoms with Gasteiger partial charge in [0.2, 0.25) is 0 Å². The summed E-state index contributed by atoms with van der Waals surface area (Å²) in [5.74, 6) is 0. The molecule has 0 spiro atoms. The van der Waals surface area contributed by atoms with Crippen molar-refractivity contribution in [1.29, 1.82) is 0 Å². The van der Waals surface area contributed by atoms with Crippen molar-refractivity contribution in [1.82, 2.24) is 0 Å². The highest BCUT2D eigenvalue weighted by Gasteiger charge is 2.11. The van der Waals surface area contributed by atoms with Crippen molar-refractivity contribution in [2.24, 2.45) is 4.99 Å². The van der Waals surface area contributed by atoms with Gasteiger partial charge in [-0.25, -0.2) is 4.39 Å². The summed E-state index contributed by atoms with van der Waals surface area (Å²) in [4.78, 5) is 3.59. The Morgan fingerprint density at radius 1 is 1.38 bits per heavy atom. The Hall–Kier alpha value is -0.960. The van der Waals surface area contributed by atoms with Gasteiger partial charge in [-0.05, 0) is 39.5 Å². The van der Waals surface area contributed by atoms with Crippen LogP contribution in [0.3, 0.4) is 0 Å². The lowest BCUT2D eigenvalue weighted by atomic mass is 10.1. The summed E-state index contributed by atoms with van der Waals surface area (Å²) in [7, 11) is 1.00. The lowest BCUT2D eigenvalue weighted by Gasteiger charge is -2.09. The van der Waals surface area contributed by atoms with E-state index in [0.717, 1.165) is 12.7 Å². The molecule has 96 valence electrons. The molecule has 1 N–H and O–H groups in total. The quantitative estimate of drug-likeness (QED) is 0.577. The van der Waals surface area contributed by atoms with Gasteiger partial charge in [-0.3, -0.25) is 4.99 Å². The van der Waals surface area contributed by atoms with Gasteiger partial charge in [0.1, 0.15) is 5.67 Å². The number of aliphatic hydroxyl groups excluding tert-OH is 1. The fraction of sp³-hybridized carbons (Fsp3) is 0.615. The molecule has 0 aliphatic heterocycles. The molecule has 2 nitrogen and oxygen atoms in total. The van der Waals surface area contributed by atoms with Crippen molar-refractivity contribution in [2.45, 2.75) is 46.7 Å². The summed E-state index contributed by atoms with van der Waals surface area (Å²) in [6, 6.07) is 0. The van der Waals surface area contributed by atoms with E-state index < -0.39 is 5.67 Å². The number of alkyl halides is 1. The summed E-state index contributed by atoms with van der Waals surface area (Å²) in [5, 5.41) is 7.00. The first kappa shape index (κ1) is 20.5. The molecule has 0 atom stereocenters. The molecule has 3 heteroatoms. The smallest absolute Gasteiger partial charge is 0.109 e. The normalized spacial score (nSPS) is 11.1. The fourth-order valence-corrected chi connectivity index (χ4v) is 0.712. The molecule has 0 aliphatic rings. The van der Waals surface area contributed by atoms with Crippen molar-refractivity contribution >= 4 is 6.72 Å². The van der Waals surface area contributed by atoms with Gasteiger partial charge >= 0.3 is 0 Å². The van der Waals surface area contributed by atoms with Crippen LogP contribution in [0.2, 0.25) is 0 Å². The Balaban J connectivity index is -0.000000376. The minimum atomic E-state index is -1.13. The molecular weight excluding hydrogens is 205 g/mol. The van der Waals surface area contributed by atoms with Crippen molar-refractivity contribution in [3.05, 3.63) is 23.9 Å². The average molecular weight is 231 g/mol. The second-order valence-corrected chi connectivity index (χ2v) is 3.38. The van der Waals surface area contributed by atoms with Gasteiger partial charge in [-0.15, -0.1) is 0 Å². The lowest BCUT2D eigenvalue weighted by Crippen LogP contribution is -2.08. The summed E-state index contributed by atoms with van der Waals surface area (Å²) in [6.45, 7) is 12.3. The van der Waals surface area contributed by atoms with Crippen LogP contribution in [0.15, 0.2) is 28.9 Å². The molecule has 0 fully saturated rings. The standard InChI is InChI=1S/C10H16FN.C2H6.CH4O/c1-9(8-12-4)6-5-7-10(2,3)11;2*1-2/h5-6,8H,4,7H2,1-3H3;1-2H3;2H,1H3/b6-5-,9-8-;;. The molecule has 0 aromatic heterocycles. The highest BCUT2D eigenvalue weighted by atomic mass is 19.1. The first-order valence-electron chi connectivity index (χ1n) is 5.38. The van der Waals surface area contributed by atoms with Crippen molar-refractivity contribution in [3.8, 4) is 0 Å². The molecular formula is C13H26FNO. The highest BCUT2D eigenvalue weighted by Crippen LogP contribution is 2.14.